The third kappa shape index (κ3) is 5.16. The quantitative estimate of drug-likeness (QED) is 0.519. The molecule has 0 aliphatic rings. The standard InChI is InChI=1S/C23H23N3O4S/c1-4-26(16(2)27)23-24-17(15-31-23)14-30-22(29)20-13-9-8-12-19(20)21(28)25(3)18-10-6-5-7-11-18/h5-13,15H,4,14H2,1-3H3. The van der Waals surface area contributed by atoms with E-state index in [0.717, 1.165) is 5.69 Å². The minimum Gasteiger partial charge on any atom is -0.456 e. The van der Waals surface area contributed by atoms with Gasteiger partial charge in [-0.3, -0.25) is 14.5 Å². The van der Waals surface area contributed by atoms with Gasteiger partial charge in [-0.1, -0.05) is 30.3 Å². The van der Waals surface area contributed by atoms with Crippen LogP contribution in [0, 0.1) is 0 Å². The lowest BCUT2D eigenvalue weighted by Crippen LogP contribution is -2.28. The summed E-state index contributed by atoms with van der Waals surface area (Å²) < 4.78 is 5.41. The minimum atomic E-state index is -0.612. The molecule has 0 N–H and O–H groups in total. The summed E-state index contributed by atoms with van der Waals surface area (Å²) in [5.74, 6) is -1.02. The number of esters is 1. The van der Waals surface area contributed by atoms with Crippen molar-refractivity contribution >= 4 is 39.9 Å². The fourth-order valence-electron chi connectivity index (χ4n) is 2.99. The van der Waals surface area contributed by atoms with Crippen molar-refractivity contribution in [2.24, 2.45) is 0 Å². The molecule has 0 aliphatic heterocycles. The summed E-state index contributed by atoms with van der Waals surface area (Å²) in [6.45, 7) is 3.79. The molecule has 0 unspecified atom stereocenters. The molecule has 8 heteroatoms. The predicted octanol–water partition coefficient (Wildman–Crippen LogP) is 4.15. The van der Waals surface area contributed by atoms with Gasteiger partial charge in [0.25, 0.3) is 5.91 Å². The Morgan fingerprint density at radius 1 is 1.00 bits per heavy atom. The van der Waals surface area contributed by atoms with E-state index in [0.29, 0.717) is 17.4 Å². The Balaban J connectivity index is 1.73. The summed E-state index contributed by atoms with van der Waals surface area (Å²) in [4.78, 5) is 44.8. The highest BCUT2D eigenvalue weighted by Crippen LogP contribution is 2.22. The number of carbonyl (C=O) groups excluding carboxylic acids is 3. The molecule has 1 aromatic heterocycles. The van der Waals surface area contributed by atoms with Crippen molar-refractivity contribution in [3.63, 3.8) is 0 Å². The lowest BCUT2D eigenvalue weighted by molar-refractivity contribution is -0.116. The fourth-order valence-corrected chi connectivity index (χ4v) is 3.91. The molecule has 0 spiro atoms. The van der Waals surface area contributed by atoms with Crippen molar-refractivity contribution in [1.29, 1.82) is 0 Å². The van der Waals surface area contributed by atoms with E-state index in [4.69, 9.17) is 4.74 Å². The maximum absolute atomic E-state index is 13.0. The molecule has 2 aromatic carbocycles. The van der Waals surface area contributed by atoms with Gasteiger partial charge in [-0.15, -0.1) is 11.3 Å². The SMILES string of the molecule is CCN(C(C)=O)c1nc(COC(=O)c2ccccc2C(=O)N(C)c2ccccc2)cs1. The Bertz CT molecular complexity index is 1080. The van der Waals surface area contributed by atoms with Crippen LogP contribution in [-0.2, 0) is 16.1 Å². The number of para-hydroxylation sites is 1. The number of aromatic nitrogens is 1. The molecule has 0 saturated heterocycles. The molecule has 0 aliphatic carbocycles. The van der Waals surface area contributed by atoms with Gasteiger partial charge in [-0.05, 0) is 31.2 Å². The molecule has 7 nitrogen and oxygen atoms in total. The van der Waals surface area contributed by atoms with Crippen molar-refractivity contribution in [2.45, 2.75) is 20.5 Å². The Labute approximate surface area is 184 Å². The third-order valence-corrected chi connectivity index (χ3v) is 5.56. The molecule has 160 valence electrons. The zero-order valence-corrected chi connectivity index (χ0v) is 18.4. The number of carbonyl (C=O) groups is 3. The first kappa shape index (κ1) is 22.2. The van der Waals surface area contributed by atoms with Gasteiger partial charge in [0, 0.05) is 31.6 Å². The summed E-state index contributed by atoms with van der Waals surface area (Å²) in [5, 5.41) is 2.30. The topological polar surface area (TPSA) is 79.8 Å². The van der Waals surface area contributed by atoms with E-state index in [1.54, 1.807) is 41.6 Å². The molecule has 0 fully saturated rings. The first-order valence-electron chi connectivity index (χ1n) is 9.74. The van der Waals surface area contributed by atoms with Crippen LogP contribution in [0.25, 0.3) is 0 Å². The molecular weight excluding hydrogens is 414 g/mol. The van der Waals surface area contributed by atoms with Gasteiger partial charge in [-0.2, -0.15) is 0 Å². The highest BCUT2D eigenvalue weighted by atomic mass is 32.1. The number of anilines is 2. The second-order valence-electron chi connectivity index (χ2n) is 6.71. The van der Waals surface area contributed by atoms with E-state index in [9.17, 15) is 14.4 Å². The van der Waals surface area contributed by atoms with Gasteiger partial charge in [0.05, 0.1) is 16.8 Å². The molecule has 3 aromatic rings. The van der Waals surface area contributed by atoms with Crippen LogP contribution in [0.4, 0.5) is 10.8 Å². The first-order valence-corrected chi connectivity index (χ1v) is 10.6. The Kier molecular flexibility index (Phi) is 7.15. The number of hydrogen-bond acceptors (Lipinski definition) is 6. The summed E-state index contributed by atoms with van der Waals surface area (Å²) in [6.07, 6.45) is 0. The van der Waals surface area contributed by atoms with Crippen LogP contribution >= 0.6 is 11.3 Å². The van der Waals surface area contributed by atoms with Crippen LogP contribution in [0.15, 0.2) is 60.0 Å². The van der Waals surface area contributed by atoms with Crippen molar-refractivity contribution in [2.75, 3.05) is 23.4 Å². The van der Waals surface area contributed by atoms with E-state index in [-0.39, 0.29) is 29.5 Å². The Hall–Kier alpha value is -3.52. The molecule has 1 heterocycles. The lowest BCUT2D eigenvalue weighted by Gasteiger charge is -2.18. The number of rotatable bonds is 7. The molecule has 3 rings (SSSR count). The molecule has 0 atom stereocenters. The largest absolute Gasteiger partial charge is 0.456 e. The third-order valence-electron chi connectivity index (χ3n) is 4.64. The van der Waals surface area contributed by atoms with Gasteiger partial charge < -0.3 is 9.64 Å². The lowest BCUT2D eigenvalue weighted by atomic mass is 10.1. The van der Waals surface area contributed by atoms with Crippen molar-refractivity contribution in [3.05, 3.63) is 76.8 Å². The number of hydrogen-bond donors (Lipinski definition) is 0. The van der Waals surface area contributed by atoms with Crippen molar-refractivity contribution in [3.8, 4) is 0 Å². The highest BCUT2D eigenvalue weighted by molar-refractivity contribution is 7.14. The average molecular weight is 438 g/mol. The van der Waals surface area contributed by atoms with Crippen molar-refractivity contribution < 1.29 is 19.1 Å². The van der Waals surface area contributed by atoms with E-state index in [1.807, 2.05) is 37.3 Å². The van der Waals surface area contributed by atoms with E-state index < -0.39 is 5.97 Å². The van der Waals surface area contributed by atoms with Crippen molar-refractivity contribution in [1.82, 2.24) is 4.98 Å². The minimum absolute atomic E-state index is 0.0537. The summed E-state index contributed by atoms with van der Waals surface area (Å²) >= 11 is 1.31. The van der Waals surface area contributed by atoms with Gasteiger partial charge >= 0.3 is 5.97 Å². The summed E-state index contributed by atoms with van der Waals surface area (Å²) in [7, 11) is 1.66. The summed E-state index contributed by atoms with van der Waals surface area (Å²) in [5.41, 5.74) is 1.70. The zero-order valence-electron chi connectivity index (χ0n) is 17.6. The van der Waals surface area contributed by atoms with Crippen LogP contribution in [0.1, 0.15) is 40.3 Å². The second-order valence-corrected chi connectivity index (χ2v) is 7.54. The van der Waals surface area contributed by atoms with Crippen LogP contribution in [0.5, 0.6) is 0 Å². The molecule has 2 amide bonds. The van der Waals surface area contributed by atoms with Crippen LogP contribution < -0.4 is 9.80 Å². The molecular formula is C23H23N3O4S. The second kappa shape index (κ2) is 9.99. The smallest absolute Gasteiger partial charge is 0.339 e. The van der Waals surface area contributed by atoms with Crippen LogP contribution in [0.3, 0.4) is 0 Å². The van der Waals surface area contributed by atoms with E-state index >= 15 is 0 Å². The van der Waals surface area contributed by atoms with Gasteiger partial charge in [0.15, 0.2) is 5.13 Å². The predicted molar refractivity (Wildman–Crippen MR) is 121 cm³/mol. The number of ether oxygens (including phenoxy) is 1. The molecule has 0 saturated carbocycles. The first-order chi connectivity index (χ1) is 14.9. The van der Waals surface area contributed by atoms with Crippen LogP contribution in [0.2, 0.25) is 0 Å². The van der Waals surface area contributed by atoms with Gasteiger partial charge in [-0.25, -0.2) is 9.78 Å². The molecule has 0 radical (unpaired) electrons. The van der Waals surface area contributed by atoms with E-state index in [1.165, 1.54) is 23.2 Å². The number of thiazole rings is 1. The number of nitrogens with zero attached hydrogens (tertiary/aromatic N) is 3. The Morgan fingerprint density at radius 3 is 2.29 bits per heavy atom. The van der Waals surface area contributed by atoms with Gasteiger partial charge in [0.2, 0.25) is 5.91 Å². The van der Waals surface area contributed by atoms with Crippen LogP contribution in [-0.4, -0.2) is 36.4 Å². The number of benzene rings is 2. The normalized spacial score (nSPS) is 10.4. The average Bonchev–Trinajstić information content (AvgIpc) is 3.25. The number of amides is 2. The van der Waals surface area contributed by atoms with E-state index in [2.05, 4.69) is 4.98 Å². The monoisotopic (exact) mass is 437 g/mol. The highest BCUT2D eigenvalue weighted by Gasteiger charge is 2.22. The zero-order chi connectivity index (χ0) is 22.4. The maximum atomic E-state index is 13.0. The summed E-state index contributed by atoms with van der Waals surface area (Å²) in [6, 6.07) is 15.7. The maximum Gasteiger partial charge on any atom is 0.339 e. The Morgan fingerprint density at radius 2 is 1.65 bits per heavy atom. The van der Waals surface area contributed by atoms with Gasteiger partial charge in [0.1, 0.15) is 6.61 Å². The molecule has 31 heavy (non-hydrogen) atoms. The fraction of sp³-hybridized carbons (Fsp3) is 0.217. The molecule has 0 bridgehead atoms.